The average molecular weight is 715 g/mol. The number of carbonyl (C=O) groups is 1. The fraction of sp³-hybridized carbons (Fsp3) is 0.333. The summed E-state index contributed by atoms with van der Waals surface area (Å²) < 4.78 is 68.7. The minimum atomic E-state index is -4.31. The minimum absolute atomic E-state index is 0.0506. The zero-order valence-electron chi connectivity index (χ0n) is 26.7. The molecular formula is C36H34N4O8S2. The van der Waals surface area contributed by atoms with Crippen LogP contribution in [0.5, 0.6) is 0 Å². The molecule has 0 amide bonds. The molecule has 3 aliphatic carbocycles. The molecule has 2 saturated carbocycles. The first-order valence-electron chi connectivity index (χ1n) is 16.7. The van der Waals surface area contributed by atoms with E-state index in [-0.39, 0.29) is 35.5 Å². The van der Waals surface area contributed by atoms with Crippen LogP contribution in [0.1, 0.15) is 56.9 Å². The van der Waals surface area contributed by atoms with Crippen molar-refractivity contribution < 1.29 is 35.8 Å². The van der Waals surface area contributed by atoms with Crippen LogP contribution in [0.4, 0.5) is 17.1 Å². The van der Waals surface area contributed by atoms with Crippen molar-refractivity contribution in [1.82, 2.24) is 0 Å². The molecule has 4 aromatic rings. The van der Waals surface area contributed by atoms with Gasteiger partial charge in [0, 0.05) is 40.1 Å². The largest absolute Gasteiger partial charge is 0.506 e. The summed E-state index contributed by atoms with van der Waals surface area (Å²) in [5.41, 5.74) is 0.694. The van der Waals surface area contributed by atoms with E-state index in [1.807, 2.05) is 48.5 Å². The molecule has 5 aliphatic rings. The van der Waals surface area contributed by atoms with Gasteiger partial charge in [0.25, 0.3) is 20.2 Å². The number of aliphatic hydroxyl groups excluding tert-OH is 1. The first-order valence-corrected chi connectivity index (χ1v) is 19.7. The summed E-state index contributed by atoms with van der Waals surface area (Å²) in [6.07, 6.45) is 2.95. The van der Waals surface area contributed by atoms with Crippen LogP contribution in [0.3, 0.4) is 0 Å². The van der Waals surface area contributed by atoms with Gasteiger partial charge in [0.15, 0.2) is 0 Å². The van der Waals surface area contributed by atoms with Crippen molar-refractivity contribution in [2.75, 3.05) is 16.0 Å². The van der Waals surface area contributed by atoms with E-state index >= 15 is 0 Å². The maximum atomic E-state index is 14.3. The van der Waals surface area contributed by atoms with Crippen LogP contribution < -0.4 is 26.5 Å². The van der Waals surface area contributed by atoms with Gasteiger partial charge in [0.05, 0.1) is 38.4 Å². The van der Waals surface area contributed by atoms with Crippen LogP contribution in [-0.2, 0) is 25.0 Å². The number of hydrogen-bond donors (Lipinski definition) is 6. The summed E-state index contributed by atoms with van der Waals surface area (Å²) in [6.45, 7) is 0. The number of ketones is 1. The lowest BCUT2D eigenvalue weighted by molar-refractivity contribution is -0.109. The molecule has 50 heavy (non-hydrogen) atoms. The number of nitrogens with one attached hydrogen (secondary N) is 3. The predicted octanol–water partition coefficient (Wildman–Crippen LogP) is 4.63. The second-order valence-electron chi connectivity index (χ2n) is 14.3. The number of hydrogen-bond acceptors (Lipinski definition) is 10. The second kappa shape index (κ2) is 10.5. The third-order valence-electron chi connectivity index (χ3n) is 11.2. The molecule has 0 radical (unpaired) electrons. The highest BCUT2D eigenvalue weighted by molar-refractivity contribution is 7.86. The third kappa shape index (κ3) is 4.69. The number of anilines is 3. The van der Waals surface area contributed by atoms with Crippen molar-refractivity contribution in [3.05, 3.63) is 82.6 Å². The minimum Gasteiger partial charge on any atom is -0.506 e. The Labute approximate surface area is 287 Å². The molecule has 4 unspecified atom stereocenters. The maximum Gasteiger partial charge on any atom is 0.267 e. The van der Waals surface area contributed by atoms with E-state index in [2.05, 4.69) is 16.0 Å². The van der Waals surface area contributed by atoms with E-state index < -0.39 is 42.1 Å². The van der Waals surface area contributed by atoms with E-state index in [0.29, 0.717) is 66.0 Å². The zero-order chi connectivity index (χ0) is 34.8. The Kier molecular flexibility index (Phi) is 6.62. The highest BCUT2D eigenvalue weighted by Crippen LogP contribution is 2.49. The molecule has 258 valence electrons. The van der Waals surface area contributed by atoms with Gasteiger partial charge < -0.3 is 21.1 Å². The van der Waals surface area contributed by atoms with Crippen molar-refractivity contribution in [1.29, 1.82) is 0 Å². The quantitative estimate of drug-likeness (QED) is 0.162. The molecule has 2 heterocycles. The van der Waals surface area contributed by atoms with Crippen LogP contribution in [0, 0.1) is 0 Å². The number of carbonyl (C=O) groups excluding carboxylic acids is 1. The summed E-state index contributed by atoms with van der Waals surface area (Å²) in [5, 5.41) is 24.7. The van der Waals surface area contributed by atoms with E-state index in [1.54, 1.807) is 12.1 Å². The van der Waals surface area contributed by atoms with E-state index in [1.165, 1.54) is 0 Å². The highest BCUT2D eigenvalue weighted by Gasteiger charge is 2.46. The van der Waals surface area contributed by atoms with Gasteiger partial charge >= 0.3 is 0 Å². The van der Waals surface area contributed by atoms with Crippen LogP contribution in [0.2, 0.25) is 0 Å². The van der Waals surface area contributed by atoms with Gasteiger partial charge in [-0.05, 0) is 61.4 Å². The first kappa shape index (κ1) is 31.5. The third-order valence-corrected chi connectivity index (χ3v) is 13.7. The van der Waals surface area contributed by atoms with Crippen LogP contribution in [-0.4, -0.2) is 58.7 Å². The van der Waals surface area contributed by atoms with Crippen LogP contribution in [0.15, 0.2) is 71.4 Å². The summed E-state index contributed by atoms with van der Waals surface area (Å²) in [7, 11) is -8.60. The number of rotatable bonds is 3. The van der Waals surface area contributed by atoms with E-state index in [4.69, 9.17) is 4.99 Å². The molecule has 2 fully saturated rings. The van der Waals surface area contributed by atoms with Crippen molar-refractivity contribution in [2.24, 2.45) is 4.99 Å². The Hall–Kier alpha value is -4.50. The lowest BCUT2D eigenvalue weighted by atomic mass is 9.78. The predicted molar refractivity (Wildman–Crippen MR) is 191 cm³/mol. The first-order chi connectivity index (χ1) is 23.8. The monoisotopic (exact) mass is 714 g/mol. The molecule has 12 nitrogen and oxygen atoms in total. The Balaban J connectivity index is 1.20. The normalized spacial score (nSPS) is 28.6. The van der Waals surface area contributed by atoms with Crippen LogP contribution in [0.25, 0.3) is 32.7 Å². The Morgan fingerprint density at radius 1 is 0.720 bits per heavy atom. The molecule has 6 N–H and O–H groups in total. The second-order valence-corrected chi connectivity index (χ2v) is 17.6. The molecule has 14 heteroatoms. The number of Topliss-reactive ketones (excluding diaryl/α,β-unsaturated/α-hetero) is 1. The van der Waals surface area contributed by atoms with Gasteiger partial charge in [-0.25, -0.2) is 0 Å². The Bertz CT molecular complexity index is 2610. The lowest BCUT2D eigenvalue weighted by Gasteiger charge is -2.46. The number of nitrogens with zero attached hydrogens (tertiary/aromatic N) is 1. The maximum absolute atomic E-state index is 14.3. The number of aliphatic hydroxyl groups is 1. The molecule has 9 rings (SSSR count). The van der Waals surface area contributed by atoms with Crippen molar-refractivity contribution >= 4 is 75.8 Å². The topological polar surface area (TPSA) is 194 Å². The van der Waals surface area contributed by atoms with Gasteiger partial charge in [-0.15, -0.1) is 0 Å². The van der Waals surface area contributed by atoms with Gasteiger partial charge in [0.1, 0.15) is 17.1 Å². The molecule has 0 bridgehead atoms. The Morgan fingerprint density at radius 3 is 2.14 bits per heavy atom. The lowest BCUT2D eigenvalue weighted by Crippen LogP contribution is -2.53. The molecule has 4 atom stereocenters. The van der Waals surface area contributed by atoms with Crippen molar-refractivity contribution in [3.8, 4) is 0 Å². The highest BCUT2D eigenvalue weighted by atomic mass is 32.2. The van der Waals surface area contributed by atoms with E-state index in [0.717, 1.165) is 27.2 Å². The molecule has 2 spiro atoms. The fourth-order valence-electron chi connectivity index (χ4n) is 8.91. The van der Waals surface area contributed by atoms with Crippen molar-refractivity contribution in [2.45, 2.75) is 73.2 Å². The smallest absolute Gasteiger partial charge is 0.267 e. The van der Waals surface area contributed by atoms with Gasteiger partial charge in [0.2, 0.25) is 5.78 Å². The molecule has 0 saturated heterocycles. The summed E-state index contributed by atoms with van der Waals surface area (Å²) in [6, 6.07) is 18.6. The van der Waals surface area contributed by atoms with Gasteiger partial charge in [-0.3, -0.25) is 18.9 Å². The average Bonchev–Trinajstić information content (AvgIpc) is 3.06. The van der Waals surface area contributed by atoms with Crippen molar-refractivity contribution in [3.63, 3.8) is 0 Å². The van der Waals surface area contributed by atoms with E-state index in [9.17, 15) is 35.8 Å². The standard InChI is InChI=1S/C36H34N4O8S2/c41-33-29(23-13-11-19-5-1-9-25-27(19)31(23)39-35(37-25)15-3-7-21(17-35)49(43,44)45)34(42)30(33)24-14-12-20-6-2-10-26-28(20)32(24)40-36(38-26)16-4-8-22(18-36)50(46,47)48/h1-2,5-6,9-14,21-22,37,39-41H,3-4,7-8,15-18H2,(H,43,44,45)(H,46,47,48)/b30-24+. The SMILES string of the molecule is O=C1C(c2ccc3cccc4c3c2NC2(CCCC(S(=O)(=O)O)C2)N4)=C(O)/C1=c1/ccc2cccc3c2c1NC1(CCCC(S(=O)(=O)O)C1)N=3. The molecule has 2 aliphatic heterocycles. The summed E-state index contributed by atoms with van der Waals surface area (Å²) >= 11 is 0. The molecule has 4 aromatic carbocycles. The summed E-state index contributed by atoms with van der Waals surface area (Å²) in [5.74, 6) is -0.571. The number of benzene rings is 4. The van der Waals surface area contributed by atoms with Crippen LogP contribution >= 0.6 is 0 Å². The zero-order valence-corrected chi connectivity index (χ0v) is 28.4. The summed E-state index contributed by atoms with van der Waals surface area (Å²) in [4.78, 5) is 19.3. The number of allylic oxidation sites excluding steroid dienone is 2. The van der Waals surface area contributed by atoms with Gasteiger partial charge in [-0.1, -0.05) is 48.5 Å². The molecular weight excluding hydrogens is 681 g/mol. The molecule has 0 aromatic heterocycles. The Morgan fingerprint density at radius 2 is 1.40 bits per heavy atom. The van der Waals surface area contributed by atoms with Gasteiger partial charge in [-0.2, -0.15) is 16.8 Å². The fourth-order valence-corrected chi connectivity index (χ4v) is 10.8.